The van der Waals surface area contributed by atoms with Gasteiger partial charge in [-0.3, -0.25) is 0 Å². The lowest BCUT2D eigenvalue weighted by atomic mass is 10.1. The number of cyclic esters (lactones) is 1. The number of halogens is 1. The van der Waals surface area contributed by atoms with Crippen molar-refractivity contribution in [1.29, 1.82) is 0 Å². The molecule has 1 saturated heterocycles. The summed E-state index contributed by atoms with van der Waals surface area (Å²) in [7, 11) is 1.34. The second-order valence-electron chi connectivity index (χ2n) is 3.83. The van der Waals surface area contributed by atoms with Crippen LogP contribution in [0.2, 0.25) is 0 Å². The molecule has 0 spiro atoms. The summed E-state index contributed by atoms with van der Waals surface area (Å²) in [6, 6.07) is 5.15. The Kier molecular flexibility index (Phi) is 3.86. The Morgan fingerprint density at radius 1 is 1.56 bits per heavy atom. The van der Waals surface area contributed by atoms with Crippen molar-refractivity contribution in [1.82, 2.24) is 4.90 Å². The lowest BCUT2D eigenvalue weighted by molar-refractivity contribution is 0.0600. The van der Waals surface area contributed by atoms with E-state index in [-0.39, 0.29) is 12.1 Å². The molecule has 1 fully saturated rings. The summed E-state index contributed by atoms with van der Waals surface area (Å²) in [6.07, 6.45) is -0.307. The highest BCUT2D eigenvalue weighted by atomic mass is 79.9. The molecule has 1 amide bonds. The van der Waals surface area contributed by atoms with Gasteiger partial charge in [0.05, 0.1) is 25.8 Å². The summed E-state index contributed by atoms with van der Waals surface area (Å²) in [5.74, 6) is -0.386. The van der Waals surface area contributed by atoms with Crippen LogP contribution in [0.3, 0.4) is 0 Å². The molecule has 1 heterocycles. The van der Waals surface area contributed by atoms with E-state index in [1.807, 2.05) is 0 Å². The molecule has 0 aromatic heterocycles. The van der Waals surface area contributed by atoms with Gasteiger partial charge < -0.3 is 14.4 Å². The quantitative estimate of drug-likeness (QED) is 0.803. The monoisotopic (exact) mass is 313 g/mol. The third kappa shape index (κ3) is 2.64. The molecule has 1 aliphatic heterocycles. The third-order valence-corrected chi connectivity index (χ3v) is 3.42. The second-order valence-corrected chi connectivity index (χ2v) is 4.69. The van der Waals surface area contributed by atoms with E-state index < -0.39 is 0 Å². The van der Waals surface area contributed by atoms with Gasteiger partial charge >= 0.3 is 12.1 Å². The van der Waals surface area contributed by atoms with E-state index in [9.17, 15) is 9.59 Å². The van der Waals surface area contributed by atoms with Crippen LogP contribution < -0.4 is 0 Å². The fraction of sp³-hybridized carbons (Fsp3) is 0.333. The van der Waals surface area contributed by atoms with E-state index in [0.29, 0.717) is 25.3 Å². The zero-order chi connectivity index (χ0) is 13.1. The summed E-state index contributed by atoms with van der Waals surface area (Å²) >= 11 is 3.39. The molecule has 1 aliphatic rings. The maximum absolute atomic E-state index is 11.3. The van der Waals surface area contributed by atoms with Crippen molar-refractivity contribution in [3.05, 3.63) is 33.8 Å². The number of hydrogen-bond donors (Lipinski definition) is 0. The average Bonchev–Trinajstić information content (AvgIpc) is 2.76. The summed E-state index contributed by atoms with van der Waals surface area (Å²) in [5.41, 5.74) is 1.39. The topological polar surface area (TPSA) is 55.8 Å². The molecule has 0 bridgehead atoms. The predicted molar refractivity (Wildman–Crippen MR) is 67.2 cm³/mol. The Hall–Kier alpha value is -1.56. The van der Waals surface area contributed by atoms with Crippen LogP contribution in [0.5, 0.6) is 0 Å². The van der Waals surface area contributed by atoms with E-state index in [1.54, 1.807) is 23.1 Å². The Morgan fingerprint density at radius 2 is 2.33 bits per heavy atom. The summed E-state index contributed by atoms with van der Waals surface area (Å²) < 4.78 is 10.3. The van der Waals surface area contributed by atoms with Gasteiger partial charge in [0.15, 0.2) is 0 Å². The fourth-order valence-corrected chi connectivity index (χ4v) is 2.20. The van der Waals surface area contributed by atoms with E-state index in [1.165, 1.54) is 7.11 Å². The van der Waals surface area contributed by atoms with Crippen molar-refractivity contribution in [3.63, 3.8) is 0 Å². The molecule has 6 heteroatoms. The second kappa shape index (κ2) is 5.39. The Balaban J connectivity index is 2.14. The smallest absolute Gasteiger partial charge is 0.410 e. The van der Waals surface area contributed by atoms with Crippen LogP contribution in [-0.4, -0.2) is 37.2 Å². The lowest BCUT2D eigenvalue weighted by Crippen LogP contribution is -2.23. The lowest BCUT2D eigenvalue weighted by Gasteiger charge is -2.14. The van der Waals surface area contributed by atoms with Crippen LogP contribution in [0, 0.1) is 0 Å². The first-order valence-electron chi connectivity index (χ1n) is 5.40. The molecule has 0 N–H and O–H groups in total. The van der Waals surface area contributed by atoms with E-state index >= 15 is 0 Å². The van der Waals surface area contributed by atoms with Gasteiger partial charge in [0, 0.05) is 4.47 Å². The van der Waals surface area contributed by atoms with Crippen LogP contribution in [0.25, 0.3) is 0 Å². The van der Waals surface area contributed by atoms with Gasteiger partial charge in [0.2, 0.25) is 0 Å². The first kappa shape index (κ1) is 12.9. The van der Waals surface area contributed by atoms with Crippen LogP contribution in [0.4, 0.5) is 4.79 Å². The maximum atomic E-state index is 11.3. The predicted octanol–water partition coefficient (Wildman–Crippen LogP) is 2.19. The van der Waals surface area contributed by atoms with Gasteiger partial charge in [-0.1, -0.05) is 22.0 Å². The number of carbonyl (C=O) groups excluding carboxylic acids is 2. The van der Waals surface area contributed by atoms with Gasteiger partial charge in [-0.15, -0.1) is 0 Å². The average molecular weight is 314 g/mol. The van der Waals surface area contributed by atoms with Gasteiger partial charge in [0.1, 0.15) is 6.61 Å². The normalized spacial score (nSPS) is 14.6. The number of nitrogens with zero attached hydrogens (tertiary/aromatic N) is 1. The Bertz CT molecular complexity index is 489. The minimum atomic E-state index is -0.386. The zero-order valence-electron chi connectivity index (χ0n) is 9.81. The molecule has 1 aromatic carbocycles. The van der Waals surface area contributed by atoms with Crippen LogP contribution in [0.1, 0.15) is 15.9 Å². The molecule has 18 heavy (non-hydrogen) atoms. The van der Waals surface area contributed by atoms with Gasteiger partial charge in [-0.25, -0.2) is 9.59 Å². The van der Waals surface area contributed by atoms with Crippen molar-refractivity contribution in [2.45, 2.75) is 6.54 Å². The van der Waals surface area contributed by atoms with Crippen LogP contribution in [0.15, 0.2) is 22.7 Å². The van der Waals surface area contributed by atoms with Gasteiger partial charge in [-0.05, 0) is 17.7 Å². The molecule has 2 rings (SSSR count). The van der Waals surface area contributed by atoms with Gasteiger partial charge in [0.25, 0.3) is 0 Å². The SMILES string of the molecule is COC(=O)c1ccc(CN2CCOC2=O)c(Br)c1. The number of carbonyl (C=O) groups is 2. The molecular weight excluding hydrogens is 302 g/mol. The first-order valence-corrected chi connectivity index (χ1v) is 6.19. The number of methoxy groups -OCH3 is 1. The summed E-state index contributed by atoms with van der Waals surface area (Å²) in [5, 5.41) is 0. The highest BCUT2D eigenvalue weighted by molar-refractivity contribution is 9.10. The molecular formula is C12H12BrNO4. The zero-order valence-corrected chi connectivity index (χ0v) is 11.4. The van der Waals surface area contributed by atoms with Crippen LogP contribution in [-0.2, 0) is 16.0 Å². The highest BCUT2D eigenvalue weighted by Crippen LogP contribution is 2.22. The van der Waals surface area contributed by atoms with Crippen molar-refractivity contribution < 1.29 is 19.1 Å². The molecule has 0 unspecified atom stereocenters. The fourth-order valence-electron chi connectivity index (χ4n) is 1.70. The molecule has 0 aliphatic carbocycles. The Labute approximate surface area is 113 Å². The summed E-state index contributed by atoms with van der Waals surface area (Å²) in [6.45, 7) is 1.47. The first-order chi connectivity index (χ1) is 8.61. The van der Waals surface area contributed by atoms with Gasteiger partial charge in [-0.2, -0.15) is 0 Å². The molecule has 1 aromatic rings. The molecule has 5 nitrogen and oxygen atoms in total. The number of esters is 1. The molecule has 0 radical (unpaired) electrons. The van der Waals surface area contributed by atoms with E-state index in [2.05, 4.69) is 20.7 Å². The van der Waals surface area contributed by atoms with Crippen molar-refractivity contribution >= 4 is 28.0 Å². The highest BCUT2D eigenvalue weighted by Gasteiger charge is 2.22. The number of benzene rings is 1. The Morgan fingerprint density at radius 3 is 2.89 bits per heavy atom. The molecule has 96 valence electrons. The third-order valence-electron chi connectivity index (χ3n) is 2.68. The summed E-state index contributed by atoms with van der Waals surface area (Å²) in [4.78, 5) is 24.3. The van der Waals surface area contributed by atoms with E-state index in [0.717, 1.165) is 10.0 Å². The van der Waals surface area contributed by atoms with Crippen molar-refractivity contribution in [3.8, 4) is 0 Å². The van der Waals surface area contributed by atoms with E-state index in [4.69, 9.17) is 4.74 Å². The minimum absolute atomic E-state index is 0.307. The molecule has 0 atom stereocenters. The number of hydrogen-bond acceptors (Lipinski definition) is 4. The minimum Gasteiger partial charge on any atom is -0.465 e. The van der Waals surface area contributed by atoms with Crippen molar-refractivity contribution in [2.24, 2.45) is 0 Å². The standard InChI is InChI=1S/C12H12BrNO4/c1-17-11(15)8-2-3-9(10(13)6-8)7-14-4-5-18-12(14)16/h2-3,6H,4-5,7H2,1H3. The largest absolute Gasteiger partial charge is 0.465 e. The van der Waals surface area contributed by atoms with Crippen molar-refractivity contribution in [2.75, 3.05) is 20.3 Å². The van der Waals surface area contributed by atoms with Crippen LogP contribution >= 0.6 is 15.9 Å². The number of rotatable bonds is 3. The molecule has 0 saturated carbocycles. The number of ether oxygens (including phenoxy) is 2. The number of amides is 1. The maximum Gasteiger partial charge on any atom is 0.410 e.